The van der Waals surface area contributed by atoms with E-state index in [0.717, 1.165) is 27.1 Å². The smallest absolute Gasteiger partial charge is 0.320 e. The van der Waals surface area contributed by atoms with Crippen LogP contribution in [0.4, 0.5) is 0 Å². The van der Waals surface area contributed by atoms with Gasteiger partial charge in [0.25, 0.3) is 0 Å². The Balaban J connectivity index is 2.42. The lowest BCUT2D eigenvalue weighted by Gasteiger charge is -2.15. The predicted octanol–water partition coefficient (Wildman–Crippen LogP) is 2.82. The molecule has 1 atom stereocenters. The highest BCUT2D eigenvalue weighted by molar-refractivity contribution is 6.07. The number of hydrogen-bond donors (Lipinski definition) is 2. The van der Waals surface area contributed by atoms with E-state index in [9.17, 15) is 10.1 Å². The number of aliphatic carboxylic acids is 1. The van der Waals surface area contributed by atoms with Gasteiger partial charge in [-0.1, -0.05) is 48.5 Å². The molecule has 22 heavy (non-hydrogen) atoms. The van der Waals surface area contributed by atoms with E-state index in [1.54, 1.807) is 0 Å². The number of hydrogen-bond acceptors (Lipinski definition) is 3. The van der Waals surface area contributed by atoms with Crippen LogP contribution in [-0.2, 0) is 11.2 Å². The first-order valence-electron chi connectivity index (χ1n) is 6.94. The second kappa shape index (κ2) is 5.47. The van der Waals surface area contributed by atoms with Crippen molar-refractivity contribution < 1.29 is 9.90 Å². The molecule has 3 aromatic carbocycles. The zero-order valence-corrected chi connectivity index (χ0v) is 11.8. The third kappa shape index (κ3) is 2.18. The number of carboxylic acid groups (broad SMARTS) is 1. The molecule has 0 bridgehead atoms. The van der Waals surface area contributed by atoms with Crippen molar-refractivity contribution in [1.82, 2.24) is 0 Å². The van der Waals surface area contributed by atoms with E-state index in [0.29, 0.717) is 5.56 Å². The van der Waals surface area contributed by atoms with Crippen molar-refractivity contribution in [2.75, 3.05) is 0 Å². The molecule has 0 radical (unpaired) electrons. The van der Waals surface area contributed by atoms with Gasteiger partial charge in [0, 0.05) is 10.8 Å². The first kappa shape index (κ1) is 14.1. The van der Waals surface area contributed by atoms with Crippen molar-refractivity contribution >= 4 is 27.5 Å². The van der Waals surface area contributed by atoms with Crippen LogP contribution in [-0.4, -0.2) is 17.1 Å². The van der Waals surface area contributed by atoms with E-state index in [1.165, 1.54) is 0 Å². The van der Waals surface area contributed by atoms with Crippen molar-refractivity contribution in [3.05, 3.63) is 59.7 Å². The van der Waals surface area contributed by atoms with Crippen molar-refractivity contribution in [3.8, 4) is 6.07 Å². The minimum atomic E-state index is -1.03. The first-order chi connectivity index (χ1) is 10.6. The molecule has 0 saturated carbocycles. The van der Waals surface area contributed by atoms with Gasteiger partial charge in [0.2, 0.25) is 0 Å². The van der Waals surface area contributed by atoms with Crippen molar-refractivity contribution in [2.45, 2.75) is 12.5 Å². The Morgan fingerprint density at radius 2 is 1.50 bits per heavy atom. The summed E-state index contributed by atoms with van der Waals surface area (Å²) in [5, 5.41) is 22.1. The molecule has 0 fully saturated rings. The summed E-state index contributed by atoms with van der Waals surface area (Å²) < 4.78 is 0. The Bertz CT molecular complexity index is 868. The molecule has 0 heterocycles. The standard InChI is InChI=1S/C18H14N2O2/c19-10-16-13-7-3-1-5-11(13)15(9-17(20)18(21)22)12-6-2-4-8-14(12)16/h1-8,17H,9,20H2,(H,21,22)/t17-/m0/s1. The fraction of sp³-hybridized carbons (Fsp3) is 0.111. The molecule has 3 N–H and O–H groups in total. The third-order valence-corrected chi connectivity index (χ3v) is 3.90. The summed E-state index contributed by atoms with van der Waals surface area (Å²) in [5.41, 5.74) is 7.22. The molecule has 4 heteroatoms. The zero-order valence-electron chi connectivity index (χ0n) is 11.8. The Kier molecular flexibility index (Phi) is 3.50. The molecule has 0 aliphatic carbocycles. The largest absolute Gasteiger partial charge is 0.480 e. The maximum atomic E-state index is 11.1. The summed E-state index contributed by atoms with van der Waals surface area (Å²) in [5.74, 6) is -1.03. The fourth-order valence-corrected chi connectivity index (χ4v) is 2.87. The van der Waals surface area contributed by atoms with E-state index in [1.807, 2.05) is 48.5 Å². The van der Waals surface area contributed by atoms with Crippen molar-refractivity contribution in [2.24, 2.45) is 5.73 Å². The lowest BCUT2D eigenvalue weighted by molar-refractivity contribution is -0.138. The van der Waals surface area contributed by atoms with Gasteiger partial charge >= 0.3 is 5.97 Å². The summed E-state index contributed by atoms with van der Waals surface area (Å²) in [4.78, 5) is 11.1. The molecule has 0 amide bonds. The monoisotopic (exact) mass is 290 g/mol. The highest BCUT2D eigenvalue weighted by Crippen LogP contribution is 2.33. The number of carboxylic acids is 1. The molecule has 0 spiro atoms. The molecule has 108 valence electrons. The van der Waals surface area contributed by atoms with Gasteiger partial charge in [-0.25, -0.2) is 0 Å². The van der Waals surface area contributed by atoms with Gasteiger partial charge in [-0.2, -0.15) is 5.26 Å². The maximum Gasteiger partial charge on any atom is 0.320 e. The normalized spacial score (nSPS) is 12.2. The molecule has 0 aromatic heterocycles. The van der Waals surface area contributed by atoms with Crippen LogP contribution in [0, 0.1) is 11.3 Å². The number of rotatable bonds is 3. The number of nitrogens with zero attached hydrogens (tertiary/aromatic N) is 1. The van der Waals surface area contributed by atoms with Crippen LogP contribution in [0.1, 0.15) is 11.1 Å². The molecule has 0 unspecified atom stereocenters. The van der Waals surface area contributed by atoms with E-state index < -0.39 is 12.0 Å². The van der Waals surface area contributed by atoms with Crippen LogP contribution in [0.2, 0.25) is 0 Å². The second-order valence-corrected chi connectivity index (χ2v) is 5.21. The average molecular weight is 290 g/mol. The van der Waals surface area contributed by atoms with Crippen LogP contribution in [0.15, 0.2) is 48.5 Å². The Hall–Kier alpha value is -2.90. The highest BCUT2D eigenvalue weighted by Gasteiger charge is 2.18. The van der Waals surface area contributed by atoms with E-state index in [2.05, 4.69) is 6.07 Å². The summed E-state index contributed by atoms with van der Waals surface area (Å²) in [6.45, 7) is 0. The van der Waals surface area contributed by atoms with Crippen LogP contribution in [0.3, 0.4) is 0 Å². The molecule has 4 nitrogen and oxygen atoms in total. The van der Waals surface area contributed by atoms with Gasteiger partial charge in [0.1, 0.15) is 12.1 Å². The summed E-state index contributed by atoms with van der Waals surface area (Å²) >= 11 is 0. The van der Waals surface area contributed by atoms with Gasteiger partial charge in [0.05, 0.1) is 5.56 Å². The Labute approximate surface area is 127 Å². The summed E-state index contributed by atoms with van der Waals surface area (Å²) in [7, 11) is 0. The number of fused-ring (bicyclic) bond motifs is 2. The second-order valence-electron chi connectivity index (χ2n) is 5.21. The lowest BCUT2D eigenvalue weighted by atomic mass is 9.89. The van der Waals surface area contributed by atoms with Crippen LogP contribution in [0.5, 0.6) is 0 Å². The van der Waals surface area contributed by atoms with Crippen LogP contribution < -0.4 is 5.73 Å². The average Bonchev–Trinajstić information content (AvgIpc) is 2.54. The van der Waals surface area contributed by atoms with Crippen LogP contribution in [0.25, 0.3) is 21.5 Å². The zero-order chi connectivity index (χ0) is 15.7. The van der Waals surface area contributed by atoms with Gasteiger partial charge in [-0.15, -0.1) is 0 Å². The maximum absolute atomic E-state index is 11.1. The minimum absolute atomic E-state index is 0.224. The number of carbonyl (C=O) groups is 1. The molecular weight excluding hydrogens is 276 g/mol. The lowest BCUT2D eigenvalue weighted by Crippen LogP contribution is -2.32. The quantitative estimate of drug-likeness (QED) is 0.726. The topological polar surface area (TPSA) is 87.1 Å². The fourth-order valence-electron chi connectivity index (χ4n) is 2.87. The number of benzene rings is 3. The molecule has 3 rings (SSSR count). The first-order valence-corrected chi connectivity index (χ1v) is 6.94. The predicted molar refractivity (Wildman–Crippen MR) is 85.5 cm³/mol. The summed E-state index contributed by atoms with van der Waals surface area (Å²) in [6.07, 6.45) is 0.224. The number of nitrogens with two attached hydrogens (primary N) is 1. The van der Waals surface area contributed by atoms with Crippen LogP contribution >= 0.6 is 0 Å². The van der Waals surface area contributed by atoms with Crippen molar-refractivity contribution in [3.63, 3.8) is 0 Å². The third-order valence-electron chi connectivity index (χ3n) is 3.90. The van der Waals surface area contributed by atoms with Gasteiger partial charge in [-0.05, 0) is 22.8 Å². The van der Waals surface area contributed by atoms with E-state index in [4.69, 9.17) is 10.8 Å². The Morgan fingerprint density at radius 3 is 1.91 bits per heavy atom. The molecule has 0 saturated heterocycles. The van der Waals surface area contributed by atoms with E-state index in [-0.39, 0.29) is 6.42 Å². The summed E-state index contributed by atoms with van der Waals surface area (Å²) in [6, 6.07) is 16.4. The van der Waals surface area contributed by atoms with Crippen molar-refractivity contribution in [1.29, 1.82) is 5.26 Å². The molecule has 0 aliphatic rings. The van der Waals surface area contributed by atoms with Gasteiger partial charge in [0.15, 0.2) is 0 Å². The molecule has 0 aliphatic heterocycles. The number of nitriles is 1. The molecule has 3 aromatic rings. The molecular formula is C18H14N2O2. The van der Waals surface area contributed by atoms with Gasteiger partial charge < -0.3 is 10.8 Å². The minimum Gasteiger partial charge on any atom is -0.480 e. The Morgan fingerprint density at radius 1 is 1.05 bits per heavy atom. The highest BCUT2D eigenvalue weighted by atomic mass is 16.4. The van der Waals surface area contributed by atoms with E-state index >= 15 is 0 Å². The van der Waals surface area contributed by atoms with Gasteiger partial charge in [-0.3, -0.25) is 4.79 Å². The SMILES string of the molecule is N#Cc1c2ccccc2c(C[C@H](N)C(=O)O)c2ccccc12.